The first kappa shape index (κ1) is 29.7. The van der Waals surface area contributed by atoms with E-state index in [1.807, 2.05) is 12.1 Å². The number of nitriles is 1. The summed E-state index contributed by atoms with van der Waals surface area (Å²) in [5.74, 6) is 1.02. The van der Waals surface area contributed by atoms with Gasteiger partial charge in [0, 0.05) is 51.0 Å². The minimum Gasteiger partial charge on any atom is -0.372 e. The highest BCUT2D eigenvalue weighted by Gasteiger charge is 2.29. The number of piperidine rings is 2. The van der Waals surface area contributed by atoms with Gasteiger partial charge in [-0.05, 0) is 74.3 Å². The standard InChI is InChI=1S/C33H44ClN5O2/c1-3-5-21-40-33(41-22-6-4-2)26-15-17-38(18-16-26)27-9-7-24(8-10-27)25-13-19-39(20-14-25)30-12-11-28(34)31-29(23-35)36-37-32(30)31/h7-12,25-26,33H,3-6,13-22H2,1-2H3,(H,36,37). The smallest absolute Gasteiger partial charge is 0.171 e. The Bertz CT molecular complexity index is 1280. The van der Waals surface area contributed by atoms with E-state index in [1.165, 1.54) is 11.3 Å². The number of nitrogens with one attached hydrogen (secondary N) is 1. The second-order valence-corrected chi connectivity index (χ2v) is 11.9. The Balaban J connectivity index is 1.14. The molecular formula is C33H44ClN5O2. The van der Waals surface area contributed by atoms with Gasteiger partial charge in [0.05, 0.1) is 21.6 Å². The lowest BCUT2D eigenvalue weighted by atomic mass is 9.89. The van der Waals surface area contributed by atoms with Crippen molar-refractivity contribution in [2.24, 2.45) is 5.92 Å². The molecule has 2 aliphatic heterocycles. The van der Waals surface area contributed by atoms with E-state index >= 15 is 0 Å². The highest BCUT2D eigenvalue weighted by molar-refractivity contribution is 6.36. The minimum atomic E-state index is -0.0610. The van der Waals surface area contributed by atoms with Crippen molar-refractivity contribution >= 4 is 33.9 Å². The van der Waals surface area contributed by atoms with Crippen LogP contribution in [0.5, 0.6) is 0 Å². The molecule has 3 heterocycles. The van der Waals surface area contributed by atoms with Gasteiger partial charge in [0.2, 0.25) is 0 Å². The van der Waals surface area contributed by atoms with Gasteiger partial charge >= 0.3 is 0 Å². The summed E-state index contributed by atoms with van der Waals surface area (Å²) in [7, 11) is 0. The van der Waals surface area contributed by atoms with E-state index in [0.29, 0.717) is 22.6 Å². The molecular weight excluding hydrogens is 534 g/mol. The van der Waals surface area contributed by atoms with Crippen molar-refractivity contribution in [3.05, 3.63) is 52.7 Å². The van der Waals surface area contributed by atoms with Crippen LogP contribution in [0.3, 0.4) is 0 Å². The summed E-state index contributed by atoms with van der Waals surface area (Å²) in [6, 6.07) is 15.4. The number of fused-ring (bicyclic) bond motifs is 1. The maximum atomic E-state index is 9.40. The molecule has 41 heavy (non-hydrogen) atoms. The van der Waals surface area contributed by atoms with Gasteiger partial charge < -0.3 is 19.3 Å². The van der Waals surface area contributed by atoms with Gasteiger partial charge in [-0.3, -0.25) is 5.10 Å². The van der Waals surface area contributed by atoms with Crippen molar-refractivity contribution in [2.75, 3.05) is 49.2 Å². The summed E-state index contributed by atoms with van der Waals surface area (Å²) in [6.07, 6.45) is 8.81. The van der Waals surface area contributed by atoms with Crippen molar-refractivity contribution in [1.29, 1.82) is 5.26 Å². The molecule has 220 valence electrons. The van der Waals surface area contributed by atoms with E-state index < -0.39 is 0 Å². The third kappa shape index (κ3) is 6.99. The molecule has 0 unspecified atom stereocenters. The third-order valence-electron chi connectivity index (χ3n) is 8.80. The number of halogens is 1. The van der Waals surface area contributed by atoms with Crippen LogP contribution >= 0.6 is 11.6 Å². The van der Waals surface area contributed by atoms with Crippen LogP contribution in [0.25, 0.3) is 10.9 Å². The van der Waals surface area contributed by atoms with Crippen molar-refractivity contribution in [3.63, 3.8) is 0 Å². The molecule has 2 fully saturated rings. The normalized spacial score (nSPS) is 17.0. The topological polar surface area (TPSA) is 77.4 Å². The number of rotatable bonds is 12. The fraction of sp³-hybridized carbons (Fsp3) is 0.576. The number of aromatic amines is 1. The van der Waals surface area contributed by atoms with Gasteiger partial charge in [-0.15, -0.1) is 0 Å². The molecule has 0 amide bonds. The molecule has 0 bridgehead atoms. The Labute approximate surface area is 249 Å². The van der Waals surface area contributed by atoms with Gasteiger partial charge in [0.25, 0.3) is 0 Å². The van der Waals surface area contributed by atoms with Crippen LogP contribution in [0.4, 0.5) is 11.4 Å². The number of benzene rings is 2. The summed E-state index contributed by atoms with van der Waals surface area (Å²) in [5, 5.41) is 17.9. The highest BCUT2D eigenvalue weighted by atomic mass is 35.5. The number of hydrogen-bond donors (Lipinski definition) is 1. The zero-order chi connectivity index (χ0) is 28.6. The number of hydrogen-bond acceptors (Lipinski definition) is 6. The number of anilines is 2. The van der Waals surface area contributed by atoms with Crippen LogP contribution in [0.1, 0.15) is 82.4 Å². The van der Waals surface area contributed by atoms with E-state index in [1.54, 1.807) is 0 Å². The molecule has 2 saturated heterocycles. The zero-order valence-electron chi connectivity index (χ0n) is 24.6. The quantitative estimate of drug-likeness (QED) is 0.176. The largest absolute Gasteiger partial charge is 0.372 e. The molecule has 1 aromatic heterocycles. The highest BCUT2D eigenvalue weighted by Crippen LogP contribution is 2.37. The molecule has 0 radical (unpaired) electrons. The Morgan fingerprint density at radius 2 is 1.56 bits per heavy atom. The number of ether oxygens (including phenoxy) is 2. The van der Waals surface area contributed by atoms with Crippen LogP contribution in [-0.2, 0) is 9.47 Å². The average Bonchev–Trinajstić information content (AvgIpc) is 3.46. The Kier molecular flexibility index (Phi) is 10.4. The van der Waals surface area contributed by atoms with E-state index in [-0.39, 0.29) is 6.29 Å². The van der Waals surface area contributed by atoms with Crippen molar-refractivity contribution < 1.29 is 9.47 Å². The van der Waals surface area contributed by atoms with E-state index in [4.69, 9.17) is 21.1 Å². The van der Waals surface area contributed by atoms with Crippen LogP contribution in [0, 0.1) is 17.2 Å². The third-order valence-corrected chi connectivity index (χ3v) is 9.12. The van der Waals surface area contributed by atoms with Gasteiger partial charge in [0.1, 0.15) is 6.07 Å². The average molecular weight is 578 g/mol. The lowest BCUT2D eigenvalue weighted by Gasteiger charge is -2.37. The lowest BCUT2D eigenvalue weighted by molar-refractivity contribution is -0.177. The molecule has 3 aromatic rings. The van der Waals surface area contributed by atoms with Crippen LogP contribution in [0.15, 0.2) is 36.4 Å². The predicted octanol–water partition coefficient (Wildman–Crippen LogP) is 7.65. The Morgan fingerprint density at radius 1 is 0.927 bits per heavy atom. The molecule has 2 aromatic carbocycles. The van der Waals surface area contributed by atoms with Crippen molar-refractivity contribution in [3.8, 4) is 6.07 Å². The van der Waals surface area contributed by atoms with Crippen LogP contribution in [0.2, 0.25) is 5.02 Å². The van der Waals surface area contributed by atoms with E-state index in [9.17, 15) is 5.26 Å². The first-order valence-electron chi connectivity index (χ1n) is 15.5. The van der Waals surface area contributed by atoms with Gasteiger partial charge in [-0.2, -0.15) is 10.4 Å². The van der Waals surface area contributed by atoms with Crippen molar-refractivity contribution in [2.45, 2.75) is 77.4 Å². The van der Waals surface area contributed by atoms with E-state index in [2.05, 4.69) is 64.2 Å². The number of aromatic nitrogens is 2. The van der Waals surface area contributed by atoms with Crippen LogP contribution in [-0.4, -0.2) is 55.9 Å². The summed E-state index contributed by atoms with van der Waals surface area (Å²) < 4.78 is 12.4. The molecule has 0 atom stereocenters. The Hall–Kier alpha value is -2.79. The number of nitrogens with zero attached hydrogens (tertiary/aromatic N) is 4. The number of H-pyrrole nitrogens is 1. The Morgan fingerprint density at radius 3 is 2.17 bits per heavy atom. The first-order valence-corrected chi connectivity index (χ1v) is 15.9. The van der Waals surface area contributed by atoms with Gasteiger partial charge in [-0.25, -0.2) is 0 Å². The monoisotopic (exact) mass is 577 g/mol. The maximum absolute atomic E-state index is 9.40. The summed E-state index contributed by atoms with van der Waals surface area (Å²) in [6.45, 7) is 10.0. The molecule has 5 rings (SSSR count). The second kappa shape index (κ2) is 14.4. The lowest BCUT2D eigenvalue weighted by Crippen LogP contribution is -2.40. The predicted molar refractivity (Wildman–Crippen MR) is 167 cm³/mol. The maximum Gasteiger partial charge on any atom is 0.171 e. The minimum absolute atomic E-state index is 0.0610. The zero-order valence-corrected chi connectivity index (χ0v) is 25.3. The van der Waals surface area contributed by atoms with Gasteiger partial charge in [-0.1, -0.05) is 50.4 Å². The summed E-state index contributed by atoms with van der Waals surface area (Å²) in [4.78, 5) is 4.90. The molecule has 7 nitrogen and oxygen atoms in total. The van der Waals surface area contributed by atoms with Crippen molar-refractivity contribution in [1.82, 2.24) is 10.2 Å². The molecule has 2 aliphatic rings. The fourth-order valence-corrected chi connectivity index (χ4v) is 6.52. The number of unbranched alkanes of at least 4 members (excludes halogenated alkanes) is 2. The van der Waals surface area contributed by atoms with E-state index in [0.717, 1.165) is 107 Å². The van der Waals surface area contributed by atoms with Crippen LogP contribution < -0.4 is 9.80 Å². The SMILES string of the molecule is CCCCOC(OCCCC)C1CCN(c2ccc(C3CCN(c4ccc(Cl)c5c(C#N)n[nH]c45)CC3)cc2)CC1. The summed E-state index contributed by atoms with van der Waals surface area (Å²) >= 11 is 6.39. The molecule has 8 heteroatoms. The fourth-order valence-electron chi connectivity index (χ4n) is 6.27. The summed E-state index contributed by atoms with van der Waals surface area (Å²) in [5.41, 5.74) is 5.02. The molecule has 0 aliphatic carbocycles. The first-order chi connectivity index (χ1) is 20.1. The molecule has 0 saturated carbocycles. The molecule has 1 N–H and O–H groups in total. The van der Waals surface area contributed by atoms with Gasteiger partial charge in [0.15, 0.2) is 12.0 Å². The second-order valence-electron chi connectivity index (χ2n) is 11.5. The molecule has 0 spiro atoms.